The van der Waals surface area contributed by atoms with Gasteiger partial charge in [0.1, 0.15) is 10.8 Å². The van der Waals surface area contributed by atoms with E-state index < -0.39 is 0 Å². The van der Waals surface area contributed by atoms with Gasteiger partial charge in [-0.2, -0.15) is 0 Å². The average molecular weight is 357 g/mol. The van der Waals surface area contributed by atoms with Crippen LogP contribution < -0.4 is 15.4 Å². The Morgan fingerprint density at radius 1 is 1.36 bits per heavy atom. The third kappa shape index (κ3) is 5.14. The van der Waals surface area contributed by atoms with E-state index in [9.17, 15) is 4.79 Å². The van der Waals surface area contributed by atoms with Crippen molar-refractivity contribution in [1.82, 2.24) is 15.6 Å². The molecule has 0 aliphatic carbocycles. The summed E-state index contributed by atoms with van der Waals surface area (Å²) in [5.74, 6) is 0.873. The molecule has 25 heavy (non-hydrogen) atoms. The SMILES string of the molecule is CCOc1ccc(-c2nc(CC(=O)NCC3=CCNCC3)cs2)cc1. The summed E-state index contributed by atoms with van der Waals surface area (Å²) in [5.41, 5.74) is 3.14. The summed E-state index contributed by atoms with van der Waals surface area (Å²) >= 11 is 1.56. The number of thiazole rings is 1. The van der Waals surface area contributed by atoms with E-state index in [0.29, 0.717) is 19.6 Å². The fourth-order valence-corrected chi connectivity index (χ4v) is 3.48. The molecule has 0 radical (unpaired) electrons. The van der Waals surface area contributed by atoms with E-state index >= 15 is 0 Å². The highest BCUT2D eigenvalue weighted by molar-refractivity contribution is 7.13. The van der Waals surface area contributed by atoms with Crippen LogP contribution in [0.2, 0.25) is 0 Å². The van der Waals surface area contributed by atoms with Gasteiger partial charge in [-0.15, -0.1) is 11.3 Å². The topological polar surface area (TPSA) is 63.2 Å². The second-order valence-corrected chi connectivity index (χ2v) is 6.73. The van der Waals surface area contributed by atoms with Crippen molar-refractivity contribution in [1.29, 1.82) is 0 Å². The van der Waals surface area contributed by atoms with Crippen LogP contribution in [0, 0.1) is 0 Å². The molecule has 3 rings (SSSR count). The minimum absolute atomic E-state index is 0.0166. The first-order valence-electron chi connectivity index (χ1n) is 8.57. The molecule has 2 N–H and O–H groups in total. The fraction of sp³-hybridized carbons (Fsp3) is 0.368. The number of benzene rings is 1. The number of carbonyl (C=O) groups is 1. The molecule has 0 atom stereocenters. The molecular weight excluding hydrogens is 334 g/mol. The van der Waals surface area contributed by atoms with Crippen molar-refractivity contribution in [3.63, 3.8) is 0 Å². The first-order chi connectivity index (χ1) is 12.2. The van der Waals surface area contributed by atoms with Gasteiger partial charge in [0, 0.05) is 24.0 Å². The van der Waals surface area contributed by atoms with Crippen LogP contribution in [0.15, 0.2) is 41.3 Å². The van der Waals surface area contributed by atoms with Crippen LogP contribution >= 0.6 is 11.3 Å². The van der Waals surface area contributed by atoms with E-state index in [0.717, 1.165) is 41.5 Å². The lowest BCUT2D eigenvalue weighted by Gasteiger charge is -2.14. The lowest BCUT2D eigenvalue weighted by molar-refractivity contribution is -0.120. The highest BCUT2D eigenvalue weighted by Gasteiger charge is 2.10. The first-order valence-corrected chi connectivity index (χ1v) is 9.45. The predicted octanol–water partition coefficient (Wildman–Crippen LogP) is 2.79. The maximum absolute atomic E-state index is 12.1. The number of rotatable bonds is 7. The van der Waals surface area contributed by atoms with Crippen molar-refractivity contribution in [3.8, 4) is 16.3 Å². The van der Waals surface area contributed by atoms with Gasteiger partial charge >= 0.3 is 0 Å². The third-order valence-electron chi connectivity index (χ3n) is 3.98. The molecule has 0 saturated heterocycles. The Bertz CT molecular complexity index is 737. The van der Waals surface area contributed by atoms with Crippen LogP contribution in [-0.4, -0.2) is 37.1 Å². The number of hydrogen-bond donors (Lipinski definition) is 2. The molecule has 0 saturated carbocycles. The maximum Gasteiger partial charge on any atom is 0.226 e. The molecule has 0 bridgehead atoms. The average Bonchev–Trinajstić information content (AvgIpc) is 3.10. The quantitative estimate of drug-likeness (QED) is 0.748. The molecular formula is C19H23N3O2S. The number of aromatic nitrogens is 1. The van der Waals surface area contributed by atoms with Crippen LogP contribution in [0.1, 0.15) is 19.0 Å². The molecule has 1 aliphatic heterocycles. The van der Waals surface area contributed by atoms with Crippen LogP contribution in [0.5, 0.6) is 5.75 Å². The summed E-state index contributed by atoms with van der Waals surface area (Å²) < 4.78 is 5.45. The smallest absolute Gasteiger partial charge is 0.226 e. The molecule has 6 heteroatoms. The molecule has 1 aliphatic rings. The van der Waals surface area contributed by atoms with Gasteiger partial charge in [-0.3, -0.25) is 4.79 Å². The summed E-state index contributed by atoms with van der Waals surface area (Å²) in [4.78, 5) is 16.7. The Kier molecular flexibility index (Phi) is 6.19. The number of nitrogens with one attached hydrogen (secondary N) is 2. The predicted molar refractivity (Wildman–Crippen MR) is 101 cm³/mol. The molecule has 1 aromatic heterocycles. The Balaban J connectivity index is 1.53. The van der Waals surface area contributed by atoms with Gasteiger partial charge in [0.15, 0.2) is 0 Å². The van der Waals surface area contributed by atoms with E-state index in [1.54, 1.807) is 11.3 Å². The van der Waals surface area contributed by atoms with Crippen molar-refractivity contribution < 1.29 is 9.53 Å². The summed E-state index contributed by atoms with van der Waals surface area (Å²) in [7, 11) is 0. The number of amides is 1. The Morgan fingerprint density at radius 3 is 2.92 bits per heavy atom. The van der Waals surface area contributed by atoms with Gasteiger partial charge in [-0.05, 0) is 44.2 Å². The lowest BCUT2D eigenvalue weighted by atomic mass is 10.1. The zero-order valence-electron chi connectivity index (χ0n) is 14.4. The third-order valence-corrected chi connectivity index (χ3v) is 4.92. The molecule has 1 aromatic carbocycles. The number of ether oxygens (including phenoxy) is 1. The number of hydrogen-bond acceptors (Lipinski definition) is 5. The van der Waals surface area contributed by atoms with Crippen LogP contribution in [-0.2, 0) is 11.2 Å². The minimum Gasteiger partial charge on any atom is -0.494 e. The second kappa shape index (κ2) is 8.78. The molecule has 0 fully saturated rings. The van der Waals surface area contributed by atoms with E-state index in [1.165, 1.54) is 5.57 Å². The highest BCUT2D eigenvalue weighted by atomic mass is 32.1. The van der Waals surface area contributed by atoms with E-state index in [4.69, 9.17) is 4.74 Å². The van der Waals surface area contributed by atoms with E-state index in [-0.39, 0.29) is 5.91 Å². The van der Waals surface area contributed by atoms with Gasteiger partial charge in [-0.25, -0.2) is 4.98 Å². The zero-order chi connectivity index (χ0) is 17.5. The molecule has 0 spiro atoms. The van der Waals surface area contributed by atoms with Crippen LogP contribution in [0.3, 0.4) is 0 Å². The summed E-state index contributed by atoms with van der Waals surface area (Å²) in [6.07, 6.45) is 3.47. The largest absolute Gasteiger partial charge is 0.494 e. The normalized spacial score (nSPS) is 14.0. The molecule has 2 aromatic rings. The van der Waals surface area contributed by atoms with Crippen molar-refractivity contribution in [2.75, 3.05) is 26.2 Å². The second-order valence-electron chi connectivity index (χ2n) is 5.87. The first kappa shape index (κ1) is 17.6. The molecule has 1 amide bonds. The Labute approximate surface area is 152 Å². The number of carbonyl (C=O) groups excluding carboxylic acids is 1. The molecule has 0 unspecified atom stereocenters. The molecule has 2 heterocycles. The zero-order valence-corrected chi connectivity index (χ0v) is 15.2. The van der Waals surface area contributed by atoms with Gasteiger partial charge < -0.3 is 15.4 Å². The summed E-state index contributed by atoms with van der Waals surface area (Å²) in [5, 5.41) is 9.13. The van der Waals surface area contributed by atoms with E-state index in [1.807, 2.05) is 36.6 Å². The monoisotopic (exact) mass is 357 g/mol. The van der Waals surface area contributed by atoms with Crippen molar-refractivity contribution >= 4 is 17.2 Å². The summed E-state index contributed by atoms with van der Waals surface area (Å²) in [6.45, 7) is 5.13. The highest BCUT2D eigenvalue weighted by Crippen LogP contribution is 2.26. The summed E-state index contributed by atoms with van der Waals surface area (Å²) in [6, 6.07) is 7.88. The van der Waals surface area contributed by atoms with Gasteiger partial charge in [0.05, 0.1) is 18.7 Å². The van der Waals surface area contributed by atoms with Crippen molar-refractivity contribution in [3.05, 3.63) is 47.0 Å². The lowest BCUT2D eigenvalue weighted by Crippen LogP contribution is -2.30. The van der Waals surface area contributed by atoms with Crippen molar-refractivity contribution in [2.24, 2.45) is 0 Å². The fourth-order valence-electron chi connectivity index (χ4n) is 2.65. The Morgan fingerprint density at radius 2 is 2.20 bits per heavy atom. The van der Waals surface area contributed by atoms with Crippen molar-refractivity contribution in [2.45, 2.75) is 19.8 Å². The maximum atomic E-state index is 12.1. The van der Waals surface area contributed by atoms with E-state index in [2.05, 4.69) is 21.7 Å². The van der Waals surface area contributed by atoms with Gasteiger partial charge in [0.25, 0.3) is 0 Å². The van der Waals surface area contributed by atoms with Crippen LogP contribution in [0.25, 0.3) is 10.6 Å². The Hall–Kier alpha value is -2.18. The van der Waals surface area contributed by atoms with Gasteiger partial charge in [0.2, 0.25) is 5.91 Å². The molecule has 5 nitrogen and oxygen atoms in total. The van der Waals surface area contributed by atoms with Crippen LogP contribution in [0.4, 0.5) is 0 Å². The number of nitrogens with zero attached hydrogens (tertiary/aromatic N) is 1. The minimum atomic E-state index is 0.0166. The molecule has 132 valence electrons. The standard InChI is InChI=1S/C19H23N3O2S/c1-2-24-17-5-3-15(4-6-17)19-22-16(13-25-19)11-18(23)21-12-14-7-9-20-10-8-14/h3-7,13,20H,2,8-12H2,1H3,(H,21,23). The van der Waals surface area contributed by atoms with Gasteiger partial charge in [-0.1, -0.05) is 11.6 Å².